The van der Waals surface area contributed by atoms with E-state index >= 15 is 0 Å². The first-order valence-electron chi connectivity index (χ1n) is 6.45. The lowest BCUT2D eigenvalue weighted by Gasteiger charge is -2.40. The molecular formula is C13H27NO2. The molecule has 0 aliphatic heterocycles. The lowest BCUT2D eigenvalue weighted by atomic mass is 9.88. The van der Waals surface area contributed by atoms with Crippen LogP contribution in [0.25, 0.3) is 0 Å². The zero-order chi connectivity index (χ0) is 12.3. The van der Waals surface area contributed by atoms with Gasteiger partial charge >= 0.3 is 0 Å². The van der Waals surface area contributed by atoms with Crippen LogP contribution in [-0.2, 0) is 0 Å². The molecule has 3 heteroatoms. The lowest BCUT2D eigenvalue weighted by molar-refractivity contribution is -0.0467. The minimum absolute atomic E-state index is 0.221. The molecule has 1 aliphatic rings. The number of likely N-dealkylation sites (N-methyl/N-ethyl adjacent to an activating group) is 1. The average molecular weight is 229 g/mol. The van der Waals surface area contributed by atoms with Gasteiger partial charge < -0.3 is 10.2 Å². The first-order valence-corrected chi connectivity index (χ1v) is 6.45. The smallest absolute Gasteiger partial charge is 0.0768 e. The molecule has 3 nitrogen and oxygen atoms in total. The van der Waals surface area contributed by atoms with Crippen molar-refractivity contribution in [1.29, 1.82) is 0 Å². The van der Waals surface area contributed by atoms with Gasteiger partial charge in [0, 0.05) is 12.6 Å². The van der Waals surface area contributed by atoms with Crippen LogP contribution in [0.15, 0.2) is 0 Å². The Morgan fingerprint density at radius 3 is 2.38 bits per heavy atom. The standard InChI is InChI=1S/C13H27NO2/c1-10(2)13(3,16)9-14(4)11-7-5-6-8-12(11)15/h10-12,15-16H,5-9H2,1-4H3. The van der Waals surface area contributed by atoms with Gasteiger partial charge in [0.1, 0.15) is 0 Å². The Morgan fingerprint density at radius 2 is 1.88 bits per heavy atom. The molecule has 3 atom stereocenters. The number of hydrogen-bond donors (Lipinski definition) is 2. The van der Waals surface area contributed by atoms with Crippen LogP contribution in [0.5, 0.6) is 0 Å². The van der Waals surface area contributed by atoms with E-state index in [4.69, 9.17) is 0 Å². The van der Waals surface area contributed by atoms with Crippen LogP contribution in [-0.4, -0.2) is 46.5 Å². The predicted molar refractivity (Wildman–Crippen MR) is 66.4 cm³/mol. The molecule has 0 heterocycles. The van der Waals surface area contributed by atoms with Gasteiger partial charge in [-0.15, -0.1) is 0 Å². The molecule has 0 radical (unpaired) electrons. The summed E-state index contributed by atoms with van der Waals surface area (Å²) in [6, 6.07) is 0.221. The van der Waals surface area contributed by atoms with Crippen molar-refractivity contribution in [2.24, 2.45) is 5.92 Å². The molecule has 2 N–H and O–H groups in total. The van der Waals surface area contributed by atoms with Crippen LogP contribution < -0.4 is 0 Å². The first-order chi connectivity index (χ1) is 7.34. The van der Waals surface area contributed by atoms with Crippen LogP contribution in [0, 0.1) is 5.92 Å². The van der Waals surface area contributed by atoms with E-state index in [-0.39, 0.29) is 18.1 Å². The number of nitrogens with zero attached hydrogens (tertiary/aromatic N) is 1. The van der Waals surface area contributed by atoms with E-state index in [9.17, 15) is 10.2 Å². The van der Waals surface area contributed by atoms with Crippen LogP contribution in [0.2, 0.25) is 0 Å². The summed E-state index contributed by atoms with van der Waals surface area (Å²) in [6.07, 6.45) is 4.05. The van der Waals surface area contributed by atoms with Crippen LogP contribution in [0.1, 0.15) is 46.5 Å². The highest BCUT2D eigenvalue weighted by Gasteiger charge is 2.32. The van der Waals surface area contributed by atoms with Gasteiger partial charge in [0.05, 0.1) is 11.7 Å². The van der Waals surface area contributed by atoms with Crippen molar-refractivity contribution < 1.29 is 10.2 Å². The van der Waals surface area contributed by atoms with Crippen molar-refractivity contribution >= 4 is 0 Å². The van der Waals surface area contributed by atoms with Gasteiger partial charge in [0.15, 0.2) is 0 Å². The summed E-state index contributed by atoms with van der Waals surface area (Å²) in [4.78, 5) is 2.13. The van der Waals surface area contributed by atoms with E-state index in [0.29, 0.717) is 6.54 Å². The molecular weight excluding hydrogens is 202 g/mol. The highest BCUT2D eigenvalue weighted by molar-refractivity contribution is 4.87. The Kier molecular flexibility index (Phi) is 4.77. The monoisotopic (exact) mass is 229 g/mol. The van der Waals surface area contributed by atoms with Gasteiger partial charge in [-0.1, -0.05) is 26.7 Å². The molecule has 0 aromatic carbocycles. The summed E-state index contributed by atoms with van der Waals surface area (Å²) < 4.78 is 0. The Labute approximate surface area is 99.5 Å². The number of aliphatic hydroxyl groups excluding tert-OH is 1. The van der Waals surface area contributed by atoms with Crippen molar-refractivity contribution in [2.45, 2.75) is 64.2 Å². The van der Waals surface area contributed by atoms with Crippen LogP contribution in [0.3, 0.4) is 0 Å². The number of aliphatic hydroxyl groups is 2. The first kappa shape index (κ1) is 13.9. The van der Waals surface area contributed by atoms with Crippen molar-refractivity contribution in [1.82, 2.24) is 4.90 Å². The molecule has 0 spiro atoms. The molecule has 0 bridgehead atoms. The second-order valence-electron chi connectivity index (χ2n) is 5.85. The van der Waals surface area contributed by atoms with Crippen molar-refractivity contribution in [3.63, 3.8) is 0 Å². The van der Waals surface area contributed by atoms with E-state index in [0.717, 1.165) is 19.3 Å². The Balaban J connectivity index is 2.53. The zero-order valence-electron chi connectivity index (χ0n) is 11.1. The van der Waals surface area contributed by atoms with Gasteiger partial charge in [-0.25, -0.2) is 0 Å². The van der Waals surface area contributed by atoms with E-state index < -0.39 is 5.60 Å². The molecule has 1 rings (SSSR count). The maximum Gasteiger partial charge on any atom is 0.0768 e. The van der Waals surface area contributed by atoms with Gasteiger partial charge in [0.2, 0.25) is 0 Å². The number of hydrogen-bond acceptors (Lipinski definition) is 3. The fourth-order valence-electron chi connectivity index (χ4n) is 2.41. The third-order valence-corrected chi connectivity index (χ3v) is 4.07. The maximum absolute atomic E-state index is 10.3. The highest BCUT2D eigenvalue weighted by atomic mass is 16.3. The molecule has 0 amide bonds. The lowest BCUT2D eigenvalue weighted by Crippen LogP contribution is -2.51. The van der Waals surface area contributed by atoms with Crippen molar-refractivity contribution in [3.8, 4) is 0 Å². The summed E-state index contributed by atoms with van der Waals surface area (Å²) in [5, 5.41) is 20.2. The molecule has 0 aromatic heterocycles. The summed E-state index contributed by atoms with van der Waals surface area (Å²) in [5.41, 5.74) is -0.675. The fourth-order valence-corrected chi connectivity index (χ4v) is 2.41. The van der Waals surface area contributed by atoms with Crippen LogP contribution >= 0.6 is 0 Å². The predicted octanol–water partition coefficient (Wildman–Crippen LogP) is 1.63. The second-order valence-corrected chi connectivity index (χ2v) is 5.85. The summed E-state index contributed by atoms with van der Waals surface area (Å²) in [6.45, 7) is 6.58. The zero-order valence-corrected chi connectivity index (χ0v) is 11.1. The Hall–Kier alpha value is -0.120. The van der Waals surface area contributed by atoms with E-state index in [1.54, 1.807) is 0 Å². The topological polar surface area (TPSA) is 43.7 Å². The van der Waals surface area contributed by atoms with E-state index in [2.05, 4.69) is 4.90 Å². The summed E-state index contributed by atoms with van der Waals surface area (Å²) in [7, 11) is 2.01. The number of rotatable bonds is 4. The molecule has 1 saturated carbocycles. The average Bonchev–Trinajstić information content (AvgIpc) is 2.17. The SMILES string of the molecule is CC(C)C(C)(O)CN(C)C1CCCCC1O. The highest BCUT2D eigenvalue weighted by Crippen LogP contribution is 2.25. The van der Waals surface area contributed by atoms with Crippen LogP contribution in [0.4, 0.5) is 0 Å². The molecule has 16 heavy (non-hydrogen) atoms. The minimum atomic E-state index is -0.675. The van der Waals surface area contributed by atoms with E-state index in [1.165, 1.54) is 6.42 Å². The molecule has 96 valence electrons. The molecule has 3 unspecified atom stereocenters. The molecule has 1 aliphatic carbocycles. The third-order valence-electron chi connectivity index (χ3n) is 4.07. The summed E-state index contributed by atoms with van der Waals surface area (Å²) >= 11 is 0. The largest absolute Gasteiger partial charge is 0.391 e. The molecule has 0 aromatic rings. The van der Waals surface area contributed by atoms with Gasteiger partial charge in [0.25, 0.3) is 0 Å². The van der Waals surface area contributed by atoms with Gasteiger partial charge in [-0.05, 0) is 32.7 Å². The van der Waals surface area contributed by atoms with Crippen molar-refractivity contribution in [3.05, 3.63) is 0 Å². The Bertz CT molecular complexity index is 216. The fraction of sp³-hybridized carbons (Fsp3) is 1.00. The van der Waals surface area contributed by atoms with Gasteiger partial charge in [-0.2, -0.15) is 0 Å². The summed E-state index contributed by atoms with van der Waals surface area (Å²) in [5.74, 6) is 0.232. The van der Waals surface area contributed by atoms with E-state index in [1.807, 2.05) is 27.8 Å². The molecule has 1 fully saturated rings. The Morgan fingerprint density at radius 1 is 1.31 bits per heavy atom. The van der Waals surface area contributed by atoms with Gasteiger partial charge in [-0.3, -0.25) is 4.90 Å². The minimum Gasteiger partial charge on any atom is -0.391 e. The molecule has 0 saturated heterocycles. The maximum atomic E-state index is 10.3. The second kappa shape index (κ2) is 5.48. The normalized spacial score (nSPS) is 30.8. The van der Waals surface area contributed by atoms with Crippen molar-refractivity contribution in [2.75, 3.05) is 13.6 Å². The quantitative estimate of drug-likeness (QED) is 0.770. The third kappa shape index (κ3) is 3.44.